The number of benzene rings is 2. The van der Waals surface area contributed by atoms with E-state index in [-0.39, 0.29) is 22.2 Å². The van der Waals surface area contributed by atoms with Crippen LogP contribution in [-0.2, 0) is 5.60 Å². The summed E-state index contributed by atoms with van der Waals surface area (Å²) in [6, 6.07) is 11.0. The van der Waals surface area contributed by atoms with E-state index in [2.05, 4.69) is 5.32 Å². The topological polar surface area (TPSA) is 49.3 Å². The molecule has 1 unspecified atom stereocenters. The van der Waals surface area contributed by atoms with Crippen LogP contribution in [0.3, 0.4) is 0 Å². The first-order chi connectivity index (χ1) is 10.3. The van der Waals surface area contributed by atoms with Gasteiger partial charge in [0, 0.05) is 0 Å². The Labute approximate surface area is 137 Å². The minimum Gasteiger partial charge on any atom is -0.384 e. The summed E-state index contributed by atoms with van der Waals surface area (Å²) in [7, 11) is 0. The molecule has 0 aliphatic rings. The third-order valence-corrected chi connectivity index (χ3v) is 3.85. The van der Waals surface area contributed by atoms with Crippen molar-refractivity contribution in [2.24, 2.45) is 0 Å². The molecule has 0 bridgehead atoms. The average molecular weight is 342 g/mol. The maximum Gasteiger partial charge on any atom is 0.253 e. The van der Waals surface area contributed by atoms with Crippen molar-refractivity contribution in [3.63, 3.8) is 0 Å². The van der Waals surface area contributed by atoms with Gasteiger partial charge in [0.2, 0.25) is 0 Å². The molecule has 0 saturated carbocycles. The predicted molar refractivity (Wildman–Crippen MR) is 84.8 cm³/mol. The van der Waals surface area contributed by atoms with Crippen LogP contribution < -0.4 is 5.32 Å². The van der Waals surface area contributed by atoms with Crippen LogP contribution in [0.2, 0.25) is 10.0 Å². The van der Waals surface area contributed by atoms with Gasteiger partial charge >= 0.3 is 0 Å². The standard InChI is InChI=1S/C16H14Cl2FNO2/c1-16(22,10-5-3-2-4-6-10)9-20-15(21)11-7-14(19)13(18)8-12(11)17/h2-8,22H,9H2,1H3,(H,20,21). The van der Waals surface area contributed by atoms with Gasteiger partial charge in [0.05, 0.1) is 22.2 Å². The second-order valence-corrected chi connectivity index (χ2v) is 5.88. The predicted octanol–water partition coefficient (Wildman–Crippen LogP) is 3.77. The van der Waals surface area contributed by atoms with Crippen molar-refractivity contribution in [2.75, 3.05) is 6.54 Å². The van der Waals surface area contributed by atoms with E-state index in [0.717, 1.165) is 6.07 Å². The van der Waals surface area contributed by atoms with E-state index in [1.165, 1.54) is 6.07 Å². The van der Waals surface area contributed by atoms with Gasteiger partial charge in [-0.3, -0.25) is 4.79 Å². The van der Waals surface area contributed by atoms with Gasteiger partial charge in [-0.1, -0.05) is 53.5 Å². The summed E-state index contributed by atoms with van der Waals surface area (Å²) in [5, 5.41) is 12.8. The molecule has 22 heavy (non-hydrogen) atoms. The molecule has 6 heteroatoms. The third kappa shape index (κ3) is 3.77. The van der Waals surface area contributed by atoms with Gasteiger partial charge in [-0.2, -0.15) is 0 Å². The van der Waals surface area contributed by atoms with Crippen LogP contribution in [-0.4, -0.2) is 17.6 Å². The zero-order chi connectivity index (χ0) is 16.3. The van der Waals surface area contributed by atoms with Gasteiger partial charge in [0.1, 0.15) is 11.4 Å². The largest absolute Gasteiger partial charge is 0.384 e. The highest BCUT2D eigenvalue weighted by molar-refractivity contribution is 6.36. The van der Waals surface area contributed by atoms with Crippen molar-refractivity contribution in [3.8, 4) is 0 Å². The van der Waals surface area contributed by atoms with Crippen molar-refractivity contribution >= 4 is 29.1 Å². The van der Waals surface area contributed by atoms with Gasteiger partial charge in [0.25, 0.3) is 5.91 Å². The number of halogens is 3. The molecule has 2 rings (SSSR count). The van der Waals surface area contributed by atoms with Gasteiger partial charge in [-0.15, -0.1) is 0 Å². The molecule has 2 aromatic rings. The highest BCUT2D eigenvalue weighted by Gasteiger charge is 2.24. The first kappa shape index (κ1) is 16.7. The van der Waals surface area contributed by atoms with E-state index < -0.39 is 17.3 Å². The number of carbonyl (C=O) groups is 1. The zero-order valence-corrected chi connectivity index (χ0v) is 13.2. The van der Waals surface area contributed by atoms with E-state index in [1.54, 1.807) is 31.2 Å². The molecule has 0 fully saturated rings. The normalized spacial score (nSPS) is 13.5. The summed E-state index contributed by atoms with van der Waals surface area (Å²) < 4.78 is 13.4. The van der Waals surface area contributed by atoms with Crippen LogP contribution in [0.25, 0.3) is 0 Å². The summed E-state index contributed by atoms with van der Waals surface area (Å²) in [5.74, 6) is -1.32. The highest BCUT2D eigenvalue weighted by Crippen LogP contribution is 2.25. The van der Waals surface area contributed by atoms with Crippen molar-refractivity contribution in [3.05, 3.63) is 69.5 Å². The van der Waals surface area contributed by atoms with Gasteiger partial charge in [-0.25, -0.2) is 4.39 Å². The van der Waals surface area contributed by atoms with Gasteiger partial charge < -0.3 is 10.4 Å². The van der Waals surface area contributed by atoms with Crippen LogP contribution in [0.4, 0.5) is 4.39 Å². The average Bonchev–Trinajstić information content (AvgIpc) is 2.49. The molecule has 116 valence electrons. The number of hydrogen-bond donors (Lipinski definition) is 2. The lowest BCUT2D eigenvalue weighted by molar-refractivity contribution is 0.0526. The quantitative estimate of drug-likeness (QED) is 0.831. The van der Waals surface area contributed by atoms with Crippen molar-refractivity contribution < 1.29 is 14.3 Å². The van der Waals surface area contributed by atoms with Crippen LogP contribution in [0, 0.1) is 5.82 Å². The third-order valence-electron chi connectivity index (χ3n) is 3.24. The number of amides is 1. The summed E-state index contributed by atoms with van der Waals surface area (Å²) in [5.41, 5.74) is -0.634. The Morgan fingerprint density at radius 2 is 1.86 bits per heavy atom. The summed E-state index contributed by atoms with van der Waals surface area (Å²) in [4.78, 5) is 12.1. The summed E-state index contributed by atoms with van der Waals surface area (Å²) >= 11 is 11.5. The smallest absolute Gasteiger partial charge is 0.253 e. The molecule has 0 aliphatic carbocycles. The first-order valence-corrected chi connectivity index (χ1v) is 7.27. The van der Waals surface area contributed by atoms with Gasteiger partial charge in [-0.05, 0) is 24.6 Å². The minimum absolute atomic E-state index is 0.0348. The molecule has 3 nitrogen and oxygen atoms in total. The molecule has 0 spiro atoms. The molecule has 0 saturated heterocycles. The molecule has 2 aromatic carbocycles. The maximum absolute atomic E-state index is 13.4. The number of nitrogens with one attached hydrogen (secondary N) is 1. The van der Waals surface area contributed by atoms with Crippen molar-refractivity contribution in [1.29, 1.82) is 0 Å². The molecule has 2 N–H and O–H groups in total. The Morgan fingerprint density at radius 3 is 2.50 bits per heavy atom. The van der Waals surface area contributed by atoms with Gasteiger partial charge in [0.15, 0.2) is 0 Å². The molecule has 0 aliphatic heterocycles. The van der Waals surface area contributed by atoms with Crippen molar-refractivity contribution in [2.45, 2.75) is 12.5 Å². The molecule has 1 amide bonds. The van der Waals surface area contributed by atoms with E-state index >= 15 is 0 Å². The van der Waals surface area contributed by atoms with Crippen LogP contribution >= 0.6 is 23.2 Å². The first-order valence-electron chi connectivity index (χ1n) is 6.52. The Morgan fingerprint density at radius 1 is 1.23 bits per heavy atom. The SMILES string of the molecule is CC(O)(CNC(=O)c1cc(F)c(Cl)cc1Cl)c1ccccc1. The zero-order valence-electron chi connectivity index (χ0n) is 11.7. The molecule has 1 atom stereocenters. The number of rotatable bonds is 4. The summed E-state index contributed by atoms with van der Waals surface area (Å²) in [6.07, 6.45) is 0. The second kappa shape index (κ2) is 6.65. The number of hydrogen-bond acceptors (Lipinski definition) is 2. The summed E-state index contributed by atoms with van der Waals surface area (Å²) in [6.45, 7) is 1.53. The second-order valence-electron chi connectivity index (χ2n) is 5.07. The Bertz CT molecular complexity index is 690. The van der Waals surface area contributed by atoms with Crippen LogP contribution in [0.15, 0.2) is 42.5 Å². The van der Waals surface area contributed by atoms with Crippen LogP contribution in [0.1, 0.15) is 22.8 Å². The fourth-order valence-corrected chi connectivity index (χ4v) is 2.41. The Kier molecular flexibility index (Phi) is 5.06. The van der Waals surface area contributed by atoms with E-state index in [1.807, 2.05) is 6.07 Å². The van der Waals surface area contributed by atoms with Crippen LogP contribution in [0.5, 0.6) is 0 Å². The number of carbonyl (C=O) groups excluding carboxylic acids is 1. The molecule has 0 aromatic heterocycles. The molecular weight excluding hydrogens is 328 g/mol. The molecule has 0 heterocycles. The monoisotopic (exact) mass is 341 g/mol. The molecule has 0 radical (unpaired) electrons. The Balaban J connectivity index is 2.12. The van der Waals surface area contributed by atoms with E-state index in [9.17, 15) is 14.3 Å². The fraction of sp³-hybridized carbons (Fsp3) is 0.188. The number of aliphatic hydroxyl groups is 1. The Hall–Kier alpha value is -1.62. The van der Waals surface area contributed by atoms with E-state index in [0.29, 0.717) is 5.56 Å². The lowest BCUT2D eigenvalue weighted by atomic mass is 9.96. The van der Waals surface area contributed by atoms with Crippen molar-refractivity contribution in [1.82, 2.24) is 5.32 Å². The fourth-order valence-electron chi connectivity index (χ4n) is 1.94. The maximum atomic E-state index is 13.4. The lowest BCUT2D eigenvalue weighted by Gasteiger charge is -2.24. The molecular formula is C16H14Cl2FNO2. The lowest BCUT2D eigenvalue weighted by Crippen LogP contribution is -2.38. The minimum atomic E-state index is -1.26. The van der Waals surface area contributed by atoms with E-state index in [4.69, 9.17) is 23.2 Å². The highest BCUT2D eigenvalue weighted by atomic mass is 35.5.